The van der Waals surface area contributed by atoms with Crippen molar-refractivity contribution in [2.45, 2.75) is 25.9 Å². The summed E-state index contributed by atoms with van der Waals surface area (Å²) in [6, 6.07) is 0. The van der Waals surface area contributed by atoms with E-state index in [0.717, 1.165) is 38.8 Å². The molecule has 1 atom stereocenters. The standard InChI is InChI=1S/C9H17NO2/c1-2-12-9-4-3-5-10(8-9)6-7-11/h7,9H,2-6,8H2,1H3. The highest BCUT2D eigenvalue weighted by atomic mass is 16.5. The molecule has 1 fully saturated rings. The average molecular weight is 171 g/mol. The van der Waals surface area contributed by atoms with Crippen LogP contribution in [0.15, 0.2) is 0 Å². The van der Waals surface area contributed by atoms with E-state index in [1.54, 1.807) is 0 Å². The van der Waals surface area contributed by atoms with Gasteiger partial charge in [0, 0.05) is 13.2 Å². The van der Waals surface area contributed by atoms with Crippen LogP contribution in [0.25, 0.3) is 0 Å². The van der Waals surface area contributed by atoms with Gasteiger partial charge < -0.3 is 9.53 Å². The van der Waals surface area contributed by atoms with E-state index in [1.165, 1.54) is 0 Å². The van der Waals surface area contributed by atoms with Gasteiger partial charge in [0.2, 0.25) is 0 Å². The molecule has 0 N–H and O–H groups in total. The van der Waals surface area contributed by atoms with Crippen LogP contribution in [0.1, 0.15) is 19.8 Å². The van der Waals surface area contributed by atoms with Crippen LogP contribution in [0.2, 0.25) is 0 Å². The van der Waals surface area contributed by atoms with Crippen LogP contribution in [0, 0.1) is 0 Å². The fourth-order valence-electron chi connectivity index (χ4n) is 1.66. The molecule has 3 nitrogen and oxygen atoms in total. The number of hydrogen-bond acceptors (Lipinski definition) is 3. The molecule has 0 aromatic heterocycles. The van der Waals surface area contributed by atoms with Crippen molar-refractivity contribution in [2.75, 3.05) is 26.2 Å². The van der Waals surface area contributed by atoms with Crippen molar-refractivity contribution in [2.24, 2.45) is 0 Å². The Morgan fingerprint density at radius 1 is 1.67 bits per heavy atom. The molecule has 0 aromatic carbocycles. The lowest BCUT2D eigenvalue weighted by Crippen LogP contribution is -2.40. The van der Waals surface area contributed by atoms with Crippen molar-refractivity contribution < 1.29 is 9.53 Å². The highest BCUT2D eigenvalue weighted by Crippen LogP contribution is 2.11. The number of ether oxygens (including phenoxy) is 1. The van der Waals surface area contributed by atoms with E-state index in [4.69, 9.17) is 4.74 Å². The highest BCUT2D eigenvalue weighted by Gasteiger charge is 2.18. The average Bonchev–Trinajstić information content (AvgIpc) is 2.06. The summed E-state index contributed by atoms with van der Waals surface area (Å²) in [6.07, 6.45) is 3.61. The Labute approximate surface area is 73.7 Å². The predicted molar refractivity (Wildman–Crippen MR) is 47.2 cm³/mol. The first-order chi connectivity index (χ1) is 5.86. The molecule has 1 aliphatic rings. The van der Waals surface area contributed by atoms with Gasteiger partial charge in [-0.05, 0) is 26.3 Å². The molecule has 0 aromatic rings. The number of piperidine rings is 1. The van der Waals surface area contributed by atoms with Crippen LogP contribution < -0.4 is 0 Å². The molecule has 70 valence electrons. The summed E-state index contributed by atoms with van der Waals surface area (Å²) in [6.45, 7) is 5.32. The lowest BCUT2D eigenvalue weighted by atomic mass is 10.1. The fraction of sp³-hybridized carbons (Fsp3) is 0.889. The van der Waals surface area contributed by atoms with Gasteiger partial charge in [0.1, 0.15) is 6.29 Å². The third kappa shape index (κ3) is 2.91. The molecule has 1 heterocycles. The molecule has 0 saturated carbocycles. The molecule has 0 spiro atoms. The second-order valence-corrected chi connectivity index (χ2v) is 3.15. The molecule has 1 unspecified atom stereocenters. The molecule has 0 bridgehead atoms. The largest absolute Gasteiger partial charge is 0.377 e. The maximum Gasteiger partial charge on any atom is 0.133 e. The summed E-state index contributed by atoms with van der Waals surface area (Å²) in [5, 5.41) is 0. The van der Waals surface area contributed by atoms with Crippen molar-refractivity contribution in [3.63, 3.8) is 0 Å². The Morgan fingerprint density at radius 2 is 2.50 bits per heavy atom. The van der Waals surface area contributed by atoms with E-state index in [9.17, 15) is 4.79 Å². The van der Waals surface area contributed by atoms with Crippen LogP contribution in [0.3, 0.4) is 0 Å². The lowest BCUT2D eigenvalue weighted by molar-refractivity contribution is -0.109. The van der Waals surface area contributed by atoms with E-state index in [1.807, 2.05) is 6.92 Å². The van der Waals surface area contributed by atoms with Crippen LogP contribution in [0.4, 0.5) is 0 Å². The summed E-state index contributed by atoms with van der Waals surface area (Å²) < 4.78 is 5.50. The molecule has 0 aliphatic carbocycles. The van der Waals surface area contributed by atoms with Crippen LogP contribution >= 0.6 is 0 Å². The third-order valence-electron chi connectivity index (χ3n) is 2.20. The second kappa shape index (κ2) is 5.27. The van der Waals surface area contributed by atoms with Gasteiger partial charge in [0.15, 0.2) is 0 Å². The van der Waals surface area contributed by atoms with Gasteiger partial charge in [-0.15, -0.1) is 0 Å². The molecule has 1 aliphatic heterocycles. The molecule has 3 heteroatoms. The van der Waals surface area contributed by atoms with E-state index < -0.39 is 0 Å². The Kier molecular flexibility index (Phi) is 4.25. The van der Waals surface area contributed by atoms with Gasteiger partial charge in [-0.2, -0.15) is 0 Å². The Bertz CT molecular complexity index is 136. The molecule has 12 heavy (non-hydrogen) atoms. The summed E-state index contributed by atoms with van der Waals surface area (Å²) in [7, 11) is 0. The van der Waals surface area contributed by atoms with Crippen molar-refractivity contribution in [3.05, 3.63) is 0 Å². The van der Waals surface area contributed by atoms with Crippen LogP contribution in [0.5, 0.6) is 0 Å². The lowest BCUT2D eigenvalue weighted by Gasteiger charge is -2.30. The van der Waals surface area contributed by atoms with E-state index in [0.29, 0.717) is 12.6 Å². The summed E-state index contributed by atoms with van der Waals surface area (Å²) in [5.41, 5.74) is 0. The Morgan fingerprint density at radius 3 is 3.17 bits per heavy atom. The van der Waals surface area contributed by atoms with E-state index in [2.05, 4.69) is 4.90 Å². The van der Waals surface area contributed by atoms with Crippen molar-refractivity contribution >= 4 is 6.29 Å². The van der Waals surface area contributed by atoms with Gasteiger partial charge in [-0.25, -0.2) is 0 Å². The molecular weight excluding hydrogens is 154 g/mol. The zero-order chi connectivity index (χ0) is 8.81. The van der Waals surface area contributed by atoms with Gasteiger partial charge >= 0.3 is 0 Å². The van der Waals surface area contributed by atoms with Gasteiger partial charge in [0.25, 0.3) is 0 Å². The van der Waals surface area contributed by atoms with Gasteiger partial charge in [0.05, 0.1) is 12.6 Å². The van der Waals surface area contributed by atoms with Crippen molar-refractivity contribution in [3.8, 4) is 0 Å². The first kappa shape index (κ1) is 9.68. The van der Waals surface area contributed by atoms with Gasteiger partial charge in [-0.3, -0.25) is 4.90 Å². The van der Waals surface area contributed by atoms with Crippen molar-refractivity contribution in [1.29, 1.82) is 0 Å². The maximum absolute atomic E-state index is 10.3. The second-order valence-electron chi connectivity index (χ2n) is 3.15. The Balaban J connectivity index is 2.24. The van der Waals surface area contributed by atoms with E-state index >= 15 is 0 Å². The minimum absolute atomic E-state index is 0.351. The number of carbonyl (C=O) groups excluding carboxylic acids is 1. The molecule has 0 amide bonds. The third-order valence-corrected chi connectivity index (χ3v) is 2.20. The number of carbonyl (C=O) groups is 1. The zero-order valence-corrected chi connectivity index (χ0v) is 7.66. The minimum atomic E-state index is 0.351. The van der Waals surface area contributed by atoms with Crippen molar-refractivity contribution in [1.82, 2.24) is 4.90 Å². The number of hydrogen-bond donors (Lipinski definition) is 0. The minimum Gasteiger partial charge on any atom is -0.377 e. The first-order valence-electron chi connectivity index (χ1n) is 4.64. The predicted octanol–water partition coefficient (Wildman–Crippen LogP) is 0.686. The normalized spacial score (nSPS) is 25.6. The van der Waals surface area contributed by atoms with Gasteiger partial charge in [-0.1, -0.05) is 0 Å². The molecule has 1 rings (SSSR count). The summed E-state index contributed by atoms with van der Waals surface area (Å²) >= 11 is 0. The van der Waals surface area contributed by atoms with Crippen LogP contribution in [-0.4, -0.2) is 43.5 Å². The van der Waals surface area contributed by atoms with E-state index in [-0.39, 0.29) is 0 Å². The molecule has 0 radical (unpaired) electrons. The molecule has 1 saturated heterocycles. The monoisotopic (exact) mass is 171 g/mol. The highest BCUT2D eigenvalue weighted by molar-refractivity contribution is 5.51. The number of nitrogens with zero attached hydrogens (tertiary/aromatic N) is 1. The smallest absolute Gasteiger partial charge is 0.133 e. The molecular formula is C9H17NO2. The maximum atomic E-state index is 10.3. The van der Waals surface area contributed by atoms with Crippen LogP contribution in [-0.2, 0) is 9.53 Å². The summed E-state index contributed by atoms with van der Waals surface area (Å²) in [4.78, 5) is 12.4. The zero-order valence-electron chi connectivity index (χ0n) is 7.66. The SMILES string of the molecule is CCOC1CCCN(CC=O)C1. The quantitative estimate of drug-likeness (QED) is 0.583. The Hall–Kier alpha value is -0.410. The fourth-order valence-corrected chi connectivity index (χ4v) is 1.66. The number of rotatable bonds is 4. The first-order valence-corrected chi connectivity index (χ1v) is 4.64. The summed E-state index contributed by atoms with van der Waals surface area (Å²) in [5.74, 6) is 0. The topological polar surface area (TPSA) is 29.5 Å². The number of likely N-dealkylation sites (tertiary alicyclic amines) is 1. The number of aldehydes is 1.